The van der Waals surface area contributed by atoms with Crippen LogP contribution in [0.15, 0.2) is 0 Å². The van der Waals surface area contributed by atoms with Crippen molar-refractivity contribution < 1.29 is 50.1 Å². The molecular formula is C20H40O11S2. The van der Waals surface area contributed by atoms with Crippen LogP contribution in [0.4, 0.5) is 0 Å². The minimum Gasteiger partial charge on any atom is -0.481 e. The SMILES string of the molecule is CCCCCCCCCCCCOC(=O)C(CC(=O)O)(S(=O)(=O)O)S(=O)(=O)O.CCOCC. The molecule has 0 saturated heterocycles. The van der Waals surface area contributed by atoms with Crippen molar-refractivity contribution >= 4 is 32.2 Å². The van der Waals surface area contributed by atoms with Crippen LogP contribution in [0.25, 0.3) is 0 Å². The van der Waals surface area contributed by atoms with E-state index < -0.39 is 42.7 Å². The van der Waals surface area contributed by atoms with Crippen molar-refractivity contribution in [2.45, 2.75) is 95.5 Å². The molecule has 11 nitrogen and oxygen atoms in total. The summed E-state index contributed by atoms with van der Waals surface area (Å²) < 4.78 is 69.4. The van der Waals surface area contributed by atoms with E-state index in [-0.39, 0.29) is 6.61 Å². The third-order valence-electron chi connectivity index (χ3n) is 4.67. The average molecular weight is 521 g/mol. The van der Waals surface area contributed by atoms with Crippen molar-refractivity contribution in [1.82, 2.24) is 0 Å². The molecule has 0 aromatic heterocycles. The maximum atomic E-state index is 12.0. The highest BCUT2D eigenvalue weighted by Crippen LogP contribution is 2.29. The van der Waals surface area contributed by atoms with Gasteiger partial charge in [0.15, 0.2) is 0 Å². The zero-order chi connectivity index (χ0) is 26.0. The zero-order valence-electron chi connectivity index (χ0n) is 19.8. The van der Waals surface area contributed by atoms with Gasteiger partial charge in [-0.2, -0.15) is 16.8 Å². The van der Waals surface area contributed by atoms with Crippen LogP contribution >= 0.6 is 0 Å². The van der Waals surface area contributed by atoms with Crippen LogP contribution in [-0.4, -0.2) is 66.9 Å². The van der Waals surface area contributed by atoms with E-state index in [1.54, 1.807) is 0 Å². The fourth-order valence-corrected chi connectivity index (χ4v) is 5.08. The van der Waals surface area contributed by atoms with Gasteiger partial charge in [-0.05, 0) is 20.3 Å². The van der Waals surface area contributed by atoms with Gasteiger partial charge in [0, 0.05) is 13.2 Å². The lowest BCUT2D eigenvalue weighted by Crippen LogP contribution is -2.55. The Morgan fingerprint density at radius 2 is 1.12 bits per heavy atom. The molecule has 0 atom stereocenters. The lowest BCUT2D eigenvalue weighted by molar-refractivity contribution is -0.149. The Kier molecular flexibility index (Phi) is 18.6. The van der Waals surface area contributed by atoms with Crippen LogP contribution in [0.3, 0.4) is 0 Å². The fourth-order valence-electron chi connectivity index (χ4n) is 2.87. The van der Waals surface area contributed by atoms with Crippen LogP contribution in [0.1, 0.15) is 91.4 Å². The lowest BCUT2D eigenvalue weighted by Gasteiger charge is -2.23. The van der Waals surface area contributed by atoms with Gasteiger partial charge in [-0.1, -0.05) is 64.7 Å². The number of hydrogen-bond donors (Lipinski definition) is 3. The summed E-state index contributed by atoms with van der Waals surface area (Å²) >= 11 is 0. The molecule has 0 saturated carbocycles. The fraction of sp³-hybridized carbons (Fsp3) is 0.900. The van der Waals surface area contributed by atoms with E-state index in [9.17, 15) is 26.4 Å². The van der Waals surface area contributed by atoms with Gasteiger partial charge in [0.1, 0.15) is 0 Å². The molecule has 0 spiro atoms. The van der Waals surface area contributed by atoms with Gasteiger partial charge in [0.25, 0.3) is 20.2 Å². The van der Waals surface area contributed by atoms with E-state index >= 15 is 0 Å². The summed E-state index contributed by atoms with van der Waals surface area (Å²) in [6.45, 7) is 7.44. The van der Waals surface area contributed by atoms with Gasteiger partial charge in [-0.25, -0.2) is 4.79 Å². The van der Waals surface area contributed by atoms with Gasteiger partial charge in [0.2, 0.25) is 0 Å². The second-order valence-electron chi connectivity index (χ2n) is 7.37. The molecule has 0 aliphatic heterocycles. The Bertz CT molecular complexity index is 712. The summed E-state index contributed by atoms with van der Waals surface area (Å²) in [5.41, 5.74) is 0. The molecule has 0 aromatic carbocycles. The van der Waals surface area contributed by atoms with Crippen LogP contribution in [0.5, 0.6) is 0 Å². The van der Waals surface area contributed by atoms with Crippen LogP contribution in [-0.2, 0) is 39.3 Å². The highest BCUT2D eigenvalue weighted by atomic mass is 32.3. The number of hydrogen-bond acceptors (Lipinski definition) is 8. The maximum Gasteiger partial charge on any atom is 0.349 e. The van der Waals surface area contributed by atoms with Crippen molar-refractivity contribution in [3.8, 4) is 0 Å². The number of ether oxygens (including phenoxy) is 2. The third-order valence-corrected chi connectivity index (χ3v) is 8.22. The van der Waals surface area contributed by atoms with E-state index in [2.05, 4.69) is 11.7 Å². The zero-order valence-corrected chi connectivity index (χ0v) is 21.5. The van der Waals surface area contributed by atoms with Crippen LogP contribution < -0.4 is 0 Å². The minimum atomic E-state index is -5.84. The molecule has 0 bridgehead atoms. The number of rotatable bonds is 18. The van der Waals surface area contributed by atoms with Gasteiger partial charge >= 0.3 is 16.0 Å². The van der Waals surface area contributed by atoms with Gasteiger partial charge in [0.05, 0.1) is 13.0 Å². The summed E-state index contributed by atoms with van der Waals surface area (Å²) in [4.78, 5) is 22.8. The molecule has 0 heterocycles. The number of aliphatic carboxylic acids is 1. The highest BCUT2D eigenvalue weighted by Gasteiger charge is 2.64. The summed E-state index contributed by atoms with van der Waals surface area (Å²) in [5.74, 6) is -4.08. The molecule has 13 heteroatoms. The first-order chi connectivity index (χ1) is 15.3. The Hall–Kier alpha value is -1.28. The Morgan fingerprint density at radius 3 is 1.42 bits per heavy atom. The van der Waals surface area contributed by atoms with Gasteiger partial charge in [-0.15, -0.1) is 0 Å². The molecule has 3 N–H and O–H groups in total. The van der Waals surface area contributed by atoms with Gasteiger partial charge in [-0.3, -0.25) is 13.9 Å². The van der Waals surface area contributed by atoms with Gasteiger partial charge < -0.3 is 14.6 Å². The molecule has 0 aliphatic rings. The molecule has 0 amide bonds. The smallest absolute Gasteiger partial charge is 0.349 e. The first-order valence-corrected chi connectivity index (χ1v) is 14.1. The van der Waals surface area contributed by atoms with Crippen molar-refractivity contribution in [2.75, 3.05) is 19.8 Å². The van der Waals surface area contributed by atoms with Crippen LogP contribution in [0.2, 0.25) is 0 Å². The first-order valence-electron chi connectivity index (χ1n) is 11.2. The largest absolute Gasteiger partial charge is 0.481 e. The van der Waals surface area contributed by atoms with Crippen molar-refractivity contribution in [1.29, 1.82) is 0 Å². The van der Waals surface area contributed by atoms with E-state index in [1.165, 1.54) is 25.7 Å². The second kappa shape index (κ2) is 18.1. The van der Waals surface area contributed by atoms with Crippen molar-refractivity contribution in [3.63, 3.8) is 0 Å². The summed E-state index contributed by atoms with van der Waals surface area (Å²) in [6, 6.07) is 0. The van der Waals surface area contributed by atoms with E-state index in [0.717, 1.165) is 38.9 Å². The monoisotopic (exact) mass is 520 g/mol. The molecule has 0 aromatic rings. The van der Waals surface area contributed by atoms with E-state index in [1.807, 2.05) is 13.8 Å². The molecule has 198 valence electrons. The Labute approximate surface area is 197 Å². The standard InChI is InChI=1S/C16H30O10S2.C4H10O/c1-2-3-4-5-6-7-8-9-10-11-12-26-15(19)16(13-14(17)18,27(20,21)22)28(23,24)25;1-3-5-4-2/h2-13H2,1H3,(H,17,18)(H,20,21,22)(H,23,24,25);3-4H2,1-2H3. The minimum absolute atomic E-state index is 0.293. The molecule has 0 rings (SSSR count). The number of unbranched alkanes of at least 4 members (excludes halogenated alkanes) is 9. The average Bonchev–Trinajstić information content (AvgIpc) is 2.69. The summed E-state index contributed by atoms with van der Waals surface area (Å²) in [6.07, 6.45) is 7.85. The normalized spacial score (nSPS) is 12.0. The number of carboxylic acid groups (broad SMARTS) is 1. The Balaban J connectivity index is 0. The molecule has 0 fully saturated rings. The first kappa shape index (κ1) is 33.9. The number of esters is 1. The number of carbonyl (C=O) groups is 2. The lowest BCUT2D eigenvalue weighted by atomic mass is 10.1. The quantitative estimate of drug-likeness (QED) is 0.137. The topological polar surface area (TPSA) is 182 Å². The second-order valence-corrected chi connectivity index (χ2v) is 10.9. The summed E-state index contributed by atoms with van der Waals surface area (Å²) in [5, 5.41) is 8.73. The van der Waals surface area contributed by atoms with Crippen molar-refractivity contribution in [2.24, 2.45) is 0 Å². The van der Waals surface area contributed by atoms with Crippen LogP contribution in [0, 0.1) is 0 Å². The summed E-state index contributed by atoms with van der Waals surface area (Å²) in [7, 11) is -11.7. The number of carboxylic acids is 1. The van der Waals surface area contributed by atoms with Crippen molar-refractivity contribution in [3.05, 3.63) is 0 Å². The molecule has 0 aliphatic carbocycles. The third kappa shape index (κ3) is 13.9. The molecular weight excluding hydrogens is 480 g/mol. The number of carbonyl (C=O) groups excluding carboxylic acids is 1. The highest BCUT2D eigenvalue weighted by molar-refractivity contribution is 8.06. The van der Waals surface area contributed by atoms with E-state index in [0.29, 0.717) is 12.8 Å². The molecule has 0 unspecified atom stereocenters. The predicted octanol–water partition coefficient (Wildman–Crippen LogP) is 3.44. The molecule has 0 radical (unpaired) electrons. The maximum absolute atomic E-state index is 12.0. The van der Waals surface area contributed by atoms with E-state index in [4.69, 9.17) is 18.9 Å². The molecule has 33 heavy (non-hydrogen) atoms. The predicted molar refractivity (Wildman–Crippen MR) is 123 cm³/mol. The Morgan fingerprint density at radius 1 is 0.727 bits per heavy atom.